The molecule has 0 aliphatic carbocycles. The Morgan fingerprint density at radius 2 is 1.62 bits per heavy atom. The Labute approximate surface area is 135 Å². The first kappa shape index (κ1) is 17.3. The molecular formula is C17H13F2NO4. The SMILES string of the molecule is O=C(O)CCC(=O)c1ccc(NC(=O)c2ccc(F)cc2F)cc1. The van der Waals surface area contributed by atoms with Gasteiger partial charge in [0.15, 0.2) is 5.78 Å². The Balaban J connectivity index is 2.04. The summed E-state index contributed by atoms with van der Waals surface area (Å²) in [4.78, 5) is 34.1. The first-order valence-electron chi connectivity index (χ1n) is 6.98. The van der Waals surface area contributed by atoms with Crippen LogP contribution in [0.25, 0.3) is 0 Å². The van der Waals surface area contributed by atoms with Gasteiger partial charge in [0.1, 0.15) is 11.6 Å². The van der Waals surface area contributed by atoms with Crippen molar-refractivity contribution in [3.8, 4) is 0 Å². The van der Waals surface area contributed by atoms with Crippen molar-refractivity contribution >= 4 is 23.3 Å². The van der Waals surface area contributed by atoms with Gasteiger partial charge in [0, 0.05) is 23.7 Å². The van der Waals surface area contributed by atoms with E-state index in [1.54, 1.807) is 0 Å². The Hall–Kier alpha value is -3.09. The number of rotatable bonds is 6. The molecule has 2 aromatic rings. The van der Waals surface area contributed by atoms with Crippen LogP contribution in [0.3, 0.4) is 0 Å². The average molecular weight is 333 g/mol. The lowest BCUT2D eigenvalue weighted by molar-refractivity contribution is -0.136. The van der Waals surface area contributed by atoms with Crippen LogP contribution in [0.15, 0.2) is 42.5 Å². The molecule has 0 heterocycles. The van der Waals surface area contributed by atoms with E-state index in [4.69, 9.17) is 5.11 Å². The van der Waals surface area contributed by atoms with Crippen molar-refractivity contribution in [1.82, 2.24) is 0 Å². The van der Waals surface area contributed by atoms with Crippen molar-refractivity contribution in [3.05, 3.63) is 65.2 Å². The predicted molar refractivity (Wildman–Crippen MR) is 82.0 cm³/mol. The van der Waals surface area contributed by atoms with Gasteiger partial charge in [0.05, 0.1) is 12.0 Å². The quantitative estimate of drug-likeness (QED) is 0.795. The molecule has 1 amide bonds. The first-order valence-corrected chi connectivity index (χ1v) is 6.98. The number of Topliss-reactive ketones (excluding diaryl/α,β-unsaturated/α-hetero) is 1. The van der Waals surface area contributed by atoms with E-state index < -0.39 is 23.5 Å². The van der Waals surface area contributed by atoms with Crippen molar-refractivity contribution in [3.63, 3.8) is 0 Å². The van der Waals surface area contributed by atoms with Crippen molar-refractivity contribution in [1.29, 1.82) is 0 Å². The third kappa shape index (κ3) is 4.45. The molecular weight excluding hydrogens is 320 g/mol. The van der Waals surface area contributed by atoms with Crippen LogP contribution in [0.5, 0.6) is 0 Å². The number of anilines is 1. The van der Waals surface area contributed by atoms with Gasteiger partial charge in [-0.25, -0.2) is 8.78 Å². The molecule has 124 valence electrons. The zero-order valence-corrected chi connectivity index (χ0v) is 12.4. The molecule has 0 saturated heterocycles. The summed E-state index contributed by atoms with van der Waals surface area (Å²) in [7, 11) is 0. The molecule has 7 heteroatoms. The minimum atomic E-state index is -1.06. The van der Waals surface area contributed by atoms with Crippen LogP contribution < -0.4 is 5.32 Å². The molecule has 0 aliphatic rings. The van der Waals surface area contributed by atoms with Crippen LogP contribution in [0.4, 0.5) is 14.5 Å². The molecule has 0 radical (unpaired) electrons. The highest BCUT2D eigenvalue weighted by molar-refractivity contribution is 6.05. The number of benzene rings is 2. The van der Waals surface area contributed by atoms with Crippen LogP contribution in [0, 0.1) is 11.6 Å². The monoisotopic (exact) mass is 333 g/mol. The number of carbonyl (C=O) groups is 3. The van der Waals surface area contributed by atoms with Crippen molar-refractivity contribution < 1.29 is 28.3 Å². The number of halogens is 2. The van der Waals surface area contributed by atoms with E-state index in [9.17, 15) is 23.2 Å². The molecule has 24 heavy (non-hydrogen) atoms. The highest BCUT2D eigenvalue weighted by atomic mass is 19.1. The lowest BCUT2D eigenvalue weighted by Crippen LogP contribution is -2.14. The predicted octanol–water partition coefficient (Wildman–Crippen LogP) is 3.26. The summed E-state index contributed by atoms with van der Waals surface area (Å²) in [5.74, 6) is -3.91. The minimum Gasteiger partial charge on any atom is -0.481 e. The second-order valence-corrected chi connectivity index (χ2v) is 4.97. The van der Waals surface area contributed by atoms with Gasteiger partial charge in [-0.15, -0.1) is 0 Å². The Morgan fingerprint density at radius 1 is 0.958 bits per heavy atom. The Bertz CT molecular complexity index is 788. The normalized spacial score (nSPS) is 10.2. The lowest BCUT2D eigenvalue weighted by Gasteiger charge is -2.07. The Morgan fingerprint density at radius 3 is 2.21 bits per heavy atom. The van der Waals surface area contributed by atoms with Crippen LogP contribution in [-0.2, 0) is 4.79 Å². The lowest BCUT2D eigenvalue weighted by atomic mass is 10.1. The van der Waals surface area contributed by atoms with Crippen LogP contribution in [0.1, 0.15) is 33.6 Å². The summed E-state index contributed by atoms with van der Waals surface area (Å²) in [5, 5.41) is 11.0. The van der Waals surface area contributed by atoms with Crippen LogP contribution in [0.2, 0.25) is 0 Å². The minimum absolute atomic E-state index is 0.123. The van der Waals surface area contributed by atoms with Gasteiger partial charge in [-0.3, -0.25) is 14.4 Å². The number of hydrogen-bond acceptors (Lipinski definition) is 3. The summed E-state index contributed by atoms with van der Waals surface area (Å²) < 4.78 is 26.4. The molecule has 2 N–H and O–H groups in total. The molecule has 0 aliphatic heterocycles. The van der Waals surface area contributed by atoms with E-state index in [0.717, 1.165) is 12.1 Å². The second kappa shape index (κ2) is 7.45. The largest absolute Gasteiger partial charge is 0.481 e. The molecule has 0 aromatic heterocycles. The first-order chi connectivity index (χ1) is 11.4. The molecule has 0 unspecified atom stereocenters. The van der Waals surface area contributed by atoms with Crippen molar-refractivity contribution in [2.24, 2.45) is 0 Å². The zero-order valence-electron chi connectivity index (χ0n) is 12.4. The van der Waals surface area contributed by atoms with E-state index in [1.165, 1.54) is 24.3 Å². The summed E-state index contributed by atoms with van der Waals surface area (Å²) in [6, 6.07) is 8.35. The number of carbonyl (C=O) groups excluding carboxylic acids is 2. The average Bonchev–Trinajstić information content (AvgIpc) is 2.53. The van der Waals surface area contributed by atoms with Gasteiger partial charge in [0.25, 0.3) is 5.91 Å². The van der Waals surface area contributed by atoms with Gasteiger partial charge in [-0.05, 0) is 36.4 Å². The van der Waals surface area contributed by atoms with E-state index >= 15 is 0 Å². The standard InChI is InChI=1S/C17H13F2NO4/c18-11-3-6-13(14(19)9-11)17(24)20-12-4-1-10(2-5-12)15(21)7-8-16(22)23/h1-6,9H,7-8H2,(H,20,24)(H,22,23). The van der Waals surface area contributed by atoms with Gasteiger partial charge in [-0.2, -0.15) is 0 Å². The van der Waals surface area contributed by atoms with E-state index in [1.807, 2.05) is 0 Å². The second-order valence-electron chi connectivity index (χ2n) is 4.97. The number of carboxylic acids is 1. The van der Waals surface area contributed by atoms with Crippen LogP contribution >= 0.6 is 0 Å². The highest BCUT2D eigenvalue weighted by Gasteiger charge is 2.13. The maximum atomic E-state index is 13.5. The molecule has 0 bridgehead atoms. The third-order valence-corrected chi connectivity index (χ3v) is 3.21. The molecule has 0 atom stereocenters. The molecule has 0 fully saturated rings. The van der Waals surface area contributed by atoms with Crippen molar-refractivity contribution in [2.75, 3.05) is 5.32 Å². The molecule has 5 nitrogen and oxygen atoms in total. The van der Waals surface area contributed by atoms with Crippen LogP contribution in [-0.4, -0.2) is 22.8 Å². The number of amides is 1. The van der Waals surface area contributed by atoms with Gasteiger partial charge >= 0.3 is 5.97 Å². The number of hydrogen-bond donors (Lipinski definition) is 2. The molecule has 2 rings (SSSR count). The fourth-order valence-corrected chi connectivity index (χ4v) is 1.98. The summed E-state index contributed by atoms with van der Waals surface area (Å²) >= 11 is 0. The van der Waals surface area contributed by atoms with Gasteiger partial charge in [-0.1, -0.05) is 0 Å². The van der Waals surface area contributed by atoms with Gasteiger partial charge in [0.2, 0.25) is 0 Å². The fourth-order valence-electron chi connectivity index (χ4n) is 1.98. The maximum Gasteiger partial charge on any atom is 0.303 e. The summed E-state index contributed by atoms with van der Waals surface area (Å²) in [6.07, 6.45) is -0.386. The van der Waals surface area contributed by atoms with E-state index in [0.29, 0.717) is 17.3 Å². The van der Waals surface area contributed by atoms with E-state index in [-0.39, 0.29) is 24.2 Å². The van der Waals surface area contributed by atoms with Crippen molar-refractivity contribution in [2.45, 2.75) is 12.8 Å². The maximum absolute atomic E-state index is 13.5. The zero-order chi connectivity index (χ0) is 17.7. The molecule has 0 spiro atoms. The number of aliphatic carboxylic acids is 1. The summed E-state index contributed by atoms with van der Waals surface area (Å²) in [5.41, 5.74) is 0.318. The van der Waals surface area contributed by atoms with Gasteiger partial charge < -0.3 is 10.4 Å². The highest BCUT2D eigenvalue weighted by Crippen LogP contribution is 2.15. The smallest absolute Gasteiger partial charge is 0.303 e. The fraction of sp³-hybridized carbons (Fsp3) is 0.118. The molecule has 0 saturated carbocycles. The summed E-state index contributed by atoms with van der Waals surface area (Å²) in [6.45, 7) is 0. The topological polar surface area (TPSA) is 83.5 Å². The number of nitrogens with one attached hydrogen (secondary N) is 1. The molecule has 2 aromatic carbocycles. The number of ketones is 1. The van der Waals surface area contributed by atoms with E-state index in [2.05, 4.69) is 5.32 Å². The number of carboxylic acid groups (broad SMARTS) is 1. The Kier molecular flexibility index (Phi) is 5.36. The third-order valence-electron chi connectivity index (χ3n) is 3.21.